The molecule has 0 radical (unpaired) electrons. The second-order valence-corrected chi connectivity index (χ2v) is 6.18. The van der Waals surface area contributed by atoms with Crippen molar-refractivity contribution in [1.29, 1.82) is 0 Å². The van der Waals surface area contributed by atoms with Gasteiger partial charge in [0.25, 0.3) is 5.56 Å². The molecule has 3 heteroatoms. The Morgan fingerprint density at radius 2 is 2.00 bits per heavy atom. The number of H-pyrrole nitrogens is 1. The second kappa shape index (κ2) is 5.92. The summed E-state index contributed by atoms with van der Waals surface area (Å²) in [6, 6.07) is 5.87. The highest BCUT2D eigenvalue weighted by atomic mass is 16.5. The van der Waals surface area contributed by atoms with Gasteiger partial charge in [0, 0.05) is 11.6 Å². The van der Waals surface area contributed by atoms with Gasteiger partial charge in [-0.1, -0.05) is 13.3 Å². The number of hydrogen-bond acceptors (Lipinski definition) is 2. The molecular weight excluding hydrogens is 262 g/mol. The van der Waals surface area contributed by atoms with E-state index < -0.39 is 0 Å². The molecule has 1 aromatic heterocycles. The monoisotopic (exact) mass is 285 g/mol. The van der Waals surface area contributed by atoms with Crippen LogP contribution in [0.1, 0.15) is 44.6 Å². The Kier molecular flexibility index (Phi) is 4.00. The van der Waals surface area contributed by atoms with Crippen molar-refractivity contribution in [3.05, 3.63) is 40.3 Å². The number of pyridine rings is 1. The Bertz CT molecular complexity index is 681. The van der Waals surface area contributed by atoms with Crippen LogP contribution >= 0.6 is 0 Å². The van der Waals surface area contributed by atoms with Crippen molar-refractivity contribution in [1.82, 2.24) is 4.98 Å². The Hall–Kier alpha value is -1.77. The number of rotatable bonds is 3. The van der Waals surface area contributed by atoms with Crippen LogP contribution in [0.5, 0.6) is 5.75 Å². The van der Waals surface area contributed by atoms with Gasteiger partial charge < -0.3 is 9.72 Å². The highest BCUT2D eigenvalue weighted by Crippen LogP contribution is 2.31. The van der Waals surface area contributed by atoms with Gasteiger partial charge in [-0.05, 0) is 67.7 Å². The zero-order valence-electron chi connectivity index (χ0n) is 12.8. The van der Waals surface area contributed by atoms with Gasteiger partial charge in [-0.25, -0.2) is 0 Å². The van der Waals surface area contributed by atoms with Crippen LogP contribution in [0.25, 0.3) is 10.8 Å². The third-order valence-electron chi connectivity index (χ3n) is 4.73. The van der Waals surface area contributed by atoms with E-state index in [9.17, 15) is 4.79 Å². The lowest BCUT2D eigenvalue weighted by Gasteiger charge is -2.28. The first-order valence-electron chi connectivity index (χ1n) is 7.96. The molecule has 0 spiro atoms. The summed E-state index contributed by atoms with van der Waals surface area (Å²) in [4.78, 5) is 14.5. The van der Waals surface area contributed by atoms with Gasteiger partial charge in [0.05, 0.1) is 6.10 Å². The molecule has 3 nitrogen and oxygen atoms in total. The molecule has 2 aromatic rings. The number of aryl methyl sites for hydroxylation is 1. The summed E-state index contributed by atoms with van der Waals surface area (Å²) >= 11 is 0. The lowest BCUT2D eigenvalue weighted by atomic mass is 9.86. The number of nitrogens with one attached hydrogen (secondary N) is 1. The number of aromatic nitrogens is 1. The van der Waals surface area contributed by atoms with E-state index in [-0.39, 0.29) is 5.56 Å². The largest absolute Gasteiger partial charge is 0.490 e. The number of aromatic amines is 1. The average Bonchev–Trinajstić information content (AvgIpc) is 2.50. The smallest absolute Gasteiger partial charge is 0.255 e. The summed E-state index contributed by atoms with van der Waals surface area (Å²) < 4.78 is 6.21. The quantitative estimate of drug-likeness (QED) is 0.919. The molecule has 1 saturated carbocycles. The lowest BCUT2D eigenvalue weighted by Crippen LogP contribution is -2.24. The molecule has 1 aliphatic rings. The molecule has 21 heavy (non-hydrogen) atoms. The molecule has 1 fully saturated rings. The van der Waals surface area contributed by atoms with Crippen molar-refractivity contribution in [3.63, 3.8) is 0 Å². The standard InChI is InChI=1S/C18H23NO2/c1-3-13-4-6-15(7-5-13)21-17-11-14-8-9-19-18(20)16(14)10-12(17)2/h8-11,13,15H,3-7H2,1-2H3,(H,19,20)/t13-,15-. The van der Waals surface area contributed by atoms with E-state index in [2.05, 4.69) is 11.9 Å². The minimum atomic E-state index is -0.0365. The Labute approximate surface area is 125 Å². The number of hydrogen-bond donors (Lipinski definition) is 1. The van der Waals surface area contributed by atoms with E-state index >= 15 is 0 Å². The van der Waals surface area contributed by atoms with Crippen molar-refractivity contribution >= 4 is 10.8 Å². The highest BCUT2D eigenvalue weighted by molar-refractivity contribution is 5.83. The topological polar surface area (TPSA) is 42.1 Å². The molecule has 0 aliphatic heterocycles. The zero-order valence-corrected chi connectivity index (χ0v) is 12.8. The summed E-state index contributed by atoms with van der Waals surface area (Å²) in [6.07, 6.45) is 8.13. The molecule has 0 saturated heterocycles. The summed E-state index contributed by atoms with van der Waals surface area (Å²) in [5.74, 6) is 1.80. The summed E-state index contributed by atoms with van der Waals surface area (Å²) in [6.45, 7) is 4.29. The van der Waals surface area contributed by atoms with Crippen LogP contribution in [0.2, 0.25) is 0 Å². The van der Waals surface area contributed by atoms with E-state index in [1.54, 1.807) is 6.20 Å². The first-order chi connectivity index (χ1) is 10.2. The lowest BCUT2D eigenvalue weighted by molar-refractivity contribution is 0.129. The third kappa shape index (κ3) is 2.97. The SMILES string of the molecule is CC[C@H]1CC[C@H](Oc2cc3cc[nH]c(=O)c3cc2C)CC1. The van der Waals surface area contributed by atoms with Gasteiger partial charge in [0.15, 0.2) is 0 Å². The molecule has 1 heterocycles. The average molecular weight is 285 g/mol. The number of ether oxygens (including phenoxy) is 1. The molecule has 0 unspecified atom stereocenters. The fraction of sp³-hybridized carbons (Fsp3) is 0.500. The van der Waals surface area contributed by atoms with Crippen molar-refractivity contribution < 1.29 is 4.74 Å². The van der Waals surface area contributed by atoms with E-state index in [1.807, 2.05) is 25.1 Å². The van der Waals surface area contributed by atoms with Crippen molar-refractivity contribution in [2.45, 2.75) is 52.1 Å². The van der Waals surface area contributed by atoms with Crippen molar-refractivity contribution in [2.24, 2.45) is 5.92 Å². The zero-order chi connectivity index (χ0) is 14.8. The summed E-state index contributed by atoms with van der Waals surface area (Å²) in [5.41, 5.74) is 1.00. The van der Waals surface area contributed by atoms with Crippen molar-refractivity contribution in [2.75, 3.05) is 0 Å². The summed E-state index contributed by atoms with van der Waals surface area (Å²) in [7, 11) is 0. The predicted molar refractivity (Wildman–Crippen MR) is 86.0 cm³/mol. The van der Waals surface area contributed by atoms with Crippen LogP contribution in [0.15, 0.2) is 29.2 Å². The highest BCUT2D eigenvalue weighted by Gasteiger charge is 2.21. The van der Waals surface area contributed by atoms with E-state index in [4.69, 9.17) is 4.74 Å². The van der Waals surface area contributed by atoms with Crippen LogP contribution < -0.4 is 10.3 Å². The van der Waals surface area contributed by atoms with Gasteiger partial charge in [-0.3, -0.25) is 4.79 Å². The van der Waals surface area contributed by atoms with Gasteiger partial charge in [0.1, 0.15) is 5.75 Å². The van der Waals surface area contributed by atoms with Gasteiger partial charge >= 0.3 is 0 Å². The van der Waals surface area contributed by atoms with Gasteiger partial charge in [-0.15, -0.1) is 0 Å². The van der Waals surface area contributed by atoms with Crippen LogP contribution in [0.3, 0.4) is 0 Å². The number of fused-ring (bicyclic) bond motifs is 1. The Morgan fingerprint density at radius 1 is 1.24 bits per heavy atom. The molecule has 1 aliphatic carbocycles. The van der Waals surface area contributed by atoms with Crippen LogP contribution in [0, 0.1) is 12.8 Å². The fourth-order valence-electron chi connectivity index (χ4n) is 3.29. The van der Waals surface area contributed by atoms with E-state index in [0.717, 1.165) is 40.8 Å². The maximum atomic E-state index is 11.8. The van der Waals surface area contributed by atoms with Gasteiger partial charge in [0.2, 0.25) is 0 Å². The van der Waals surface area contributed by atoms with Crippen LogP contribution in [-0.2, 0) is 0 Å². The molecule has 1 N–H and O–H groups in total. The first-order valence-corrected chi connectivity index (χ1v) is 7.96. The number of benzene rings is 1. The minimum Gasteiger partial charge on any atom is -0.490 e. The van der Waals surface area contributed by atoms with Gasteiger partial charge in [-0.2, -0.15) is 0 Å². The van der Waals surface area contributed by atoms with E-state index in [1.165, 1.54) is 19.3 Å². The fourth-order valence-corrected chi connectivity index (χ4v) is 3.29. The Morgan fingerprint density at radius 3 is 2.71 bits per heavy atom. The normalized spacial score (nSPS) is 22.4. The maximum Gasteiger partial charge on any atom is 0.255 e. The summed E-state index contributed by atoms with van der Waals surface area (Å²) in [5, 5.41) is 1.68. The first kappa shape index (κ1) is 14.2. The predicted octanol–water partition coefficient (Wildman–Crippen LogP) is 4.18. The third-order valence-corrected chi connectivity index (χ3v) is 4.73. The molecule has 3 rings (SSSR count). The molecule has 112 valence electrons. The second-order valence-electron chi connectivity index (χ2n) is 6.18. The molecule has 1 aromatic carbocycles. The van der Waals surface area contributed by atoms with Crippen LogP contribution in [0.4, 0.5) is 0 Å². The molecule has 0 bridgehead atoms. The van der Waals surface area contributed by atoms with Crippen molar-refractivity contribution in [3.8, 4) is 5.75 Å². The van der Waals surface area contributed by atoms with Crippen LogP contribution in [-0.4, -0.2) is 11.1 Å². The molecular formula is C18H23NO2. The van der Waals surface area contributed by atoms with E-state index in [0.29, 0.717) is 6.10 Å². The minimum absolute atomic E-state index is 0.0365. The molecule has 0 atom stereocenters. The maximum absolute atomic E-state index is 11.8. The molecule has 0 amide bonds. The Balaban J connectivity index is 1.81.